The van der Waals surface area contributed by atoms with Crippen LogP contribution in [0.15, 0.2) is 0 Å². The van der Waals surface area contributed by atoms with Gasteiger partial charge < -0.3 is 10.4 Å². The zero-order valence-electron chi connectivity index (χ0n) is 9.03. The minimum absolute atomic E-state index is 0.161. The summed E-state index contributed by atoms with van der Waals surface area (Å²) in [6.45, 7) is 0. The molecule has 92 valence electrons. The van der Waals surface area contributed by atoms with Crippen molar-refractivity contribution < 1.29 is 18.3 Å². The molecule has 1 aliphatic heterocycles. The molecule has 0 aromatic heterocycles. The average molecular weight is 235 g/mol. The molecule has 16 heavy (non-hydrogen) atoms. The highest BCUT2D eigenvalue weighted by Crippen LogP contribution is 2.57. The number of rotatable bonds is 0. The molecular weight excluding hydrogens is 219 g/mol. The Labute approximate surface area is 92.2 Å². The summed E-state index contributed by atoms with van der Waals surface area (Å²) in [7, 11) is 0. The largest absolute Gasteiger partial charge is 0.417 e. The van der Waals surface area contributed by atoms with Crippen LogP contribution < -0.4 is 5.32 Å². The van der Waals surface area contributed by atoms with Gasteiger partial charge in [-0.25, -0.2) is 0 Å². The predicted molar refractivity (Wildman–Crippen MR) is 51.9 cm³/mol. The van der Waals surface area contributed by atoms with Crippen molar-refractivity contribution in [2.24, 2.45) is 0 Å². The van der Waals surface area contributed by atoms with Crippen molar-refractivity contribution in [1.82, 2.24) is 5.32 Å². The fraction of sp³-hybridized carbons (Fsp3) is 1.00. The maximum atomic E-state index is 12.9. The monoisotopic (exact) mass is 235 g/mol. The molecule has 0 aromatic carbocycles. The van der Waals surface area contributed by atoms with Crippen LogP contribution in [0.4, 0.5) is 13.2 Å². The first-order valence-electron chi connectivity index (χ1n) is 5.87. The predicted octanol–water partition coefficient (Wildman–Crippen LogP) is 2.12. The average Bonchev–Trinajstić information content (AvgIpc) is 2.78. The normalized spacial score (nSPS) is 39.8. The Kier molecular flexibility index (Phi) is 1.86. The van der Waals surface area contributed by atoms with Crippen LogP contribution in [0.25, 0.3) is 0 Å². The van der Waals surface area contributed by atoms with E-state index in [4.69, 9.17) is 0 Å². The highest BCUT2D eigenvalue weighted by molar-refractivity contribution is 5.20. The van der Waals surface area contributed by atoms with Crippen LogP contribution in [-0.4, -0.2) is 28.0 Å². The number of hydrogen-bond donors (Lipinski definition) is 2. The van der Waals surface area contributed by atoms with E-state index in [0.717, 1.165) is 32.1 Å². The Morgan fingerprint density at radius 1 is 0.938 bits per heavy atom. The first kappa shape index (κ1) is 10.8. The molecule has 2 spiro atoms. The first-order valence-corrected chi connectivity index (χ1v) is 5.87. The summed E-state index contributed by atoms with van der Waals surface area (Å²) in [5.74, 6) is 0. The third-order valence-corrected chi connectivity index (χ3v) is 4.48. The summed E-state index contributed by atoms with van der Waals surface area (Å²) < 4.78 is 38.8. The molecule has 2 saturated carbocycles. The maximum Gasteiger partial charge on any atom is 0.417 e. The smallest absolute Gasteiger partial charge is 0.380 e. The lowest BCUT2D eigenvalue weighted by atomic mass is 9.64. The van der Waals surface area contributed by atoms with Crippen molar-refractivity contribution in [2.75, 3.05) is 0 Å². The van der Waals surface area contributed by atoms with Crippen LogP contribution in [0, 0.1) is 0 Å². The van der Waals surface area contributed by atoms with Crippen molar-refractivity contribution >= 4 is 0 Å². The standard InChI is InChI=1S/C11H16F3NO/c12-11(13,14)10(16)6-8(2-1-3-8)15-9(7-10)4-5-9/h15-16H,1-7H2. The van der Waals surface area contributed by atoms with E-state index in [1.165, 1.54) is 0 Å². The van der Waals surface area contributed by atoms with Gasteiger partial charge in [0.15, 0.2) is 5.60 Å². The molecule has 1 saturated heterocycles. The van der Waals surface area contributed by atoms with Gasteiger partial charge in [0.2, 0.25) is 0 Å². The van der Waals surface area contributed by atoms with E-state index < -0.39 is 22.9 Å². The molecule has 0 radical (unpaired) electrons. The summed E-state index contributed by atoms with van der Waals surface area (Å²) in [6, 6.07) is 0. The number of piperidine rings is 1. The van der Waals surface area contributed by atoms with Gasteiger partial charge in [-0.05, 0) is 32.1 Å². The van der Waals surface area contributed by atoms with Crippen molar-refractivity contribution in [3.8, 4) is 0 Å². The van der Waals surface area contributed by atoms with Gasteiger partial charge in [0, 0.05) is 23.9 Å². The zero-order valence-corrected chi connectivity index (χ0v) is 9.03. The summed E-state index contributed by atoms with van der Waals surface area (Å²) in [4.78, 5) is 0. The van der Waals surface area contributed by atoms with Crippen LogP contribution in [0.1, 0.15) is 44.9 Å². The van der Waals surface area contributed by atoms with Gasteiger partial charge >= 0.3 is 6.18 Å². The number of aliphatic hydroxyl groups is 1. The van der Waals surface area contributed by atoms with Gasteiger partial charge in [-0.1, -0.05) is 0 Å². The molecule has 1 unspecified atom stereocenters. The summed E-state index contributed by atoms with van der Waals surface area (Å²) in [5.41, 5.74) is -3.31. The van der Waals surface area contributed by atoms with E-state index in [0.29, 0.717) is 0 Å². The second-order valence-electron chi connectivity index (χ2n) is 5.92. The SMILES string of the molecule is OC1(C(F)(F)F)CC2(CCC2)NC2(CC2)C1. The molecule has 3 fully saturated rings. The van der Waals surface area contributed by atoms with Crippen LogP contribution in [0.3, 0.4) is 0 Å². The molecule has 2 aliphatic carbocycles. The molecule has 5 heteroatoms. The van der Waals surface area contributed by atoms with E-state index in [1.54, 1.807) is 0 Å². The number of alkyl halides is 3. The van der Waals surface area contributed by atoms with Crippen LogP contribution in [0.5, 0.6) is 0 Å². The van der Waals surface area contributed by atoms with E-state index in [1.807, 2.05) is 0 Å². The number of hydrogen-bond acceptors (Lipinski definition) is 2. The van der Waals surface area contributed by atoms with Gasteiger partial charge in [0.1, 0.15) is 0 Å². The summed E-state index contributed by atoms with van der Waals surface area (Å²) >= 11 is 0. The molecule has 3 aliphatic rings. The third kappa shape index (κ3) is 1.40. The Bertz CT molecular complexity index is 320. The topological polar surface area (TPSA) is 32.3 Å². The molecule has 3 rings (SSSR count). The Morgan fingerprint density at radius 2 is 1.44 bits per heavy atom. The zero-order chi connectivity index (χ0) is 11.7. The molecule has 1 heterocycles. The lowest BCUT2D eigenvalue weighted by molar-refractivity contribution is -0.284. The van der Waals surface area contributed by atoms with Gasteiger partial charge in [-0.15, -0.1) is 0 Å². The summed E-state index contributed by atoms with van der Waals surface area (Å²) in [5, 5.41) is 13.3. The molecular formula is C11H16F3NO. The lowest BCUT2D eigenvalue weighted by Gasteiger charge is -2.55. The lowest BCUT2D eigenvalue weighted by Crippen LogP contribution is -2.69. The maximum absolute atomic E-state index is 12.9. The molecule has 0 bridgehead atoms. The second-order valence-corrected chi connectivity index (χ2v) is 5.92. The van der Waals surface area contributed by atoms with Gasteiger partial charge in [-0.3, -0.25) is 0 Å². The molecule has 0 amide bonds. The number of nitrogens with one attached hydrogen (secondary N) is 1. The van der Waals surface area contributed by atoms with Crippen molar-refractivity contribution in [3.63, 3.8) is 0 Å². The van der Waals surface area contributed by atoms with Crippen LogP contribution >= 0.6 is 0 Å². The number of halogens is 3. The highest BCUT2D eigenvalue weighted by Gasteiger charge is 2.67. The van der Waals surface area contributed by atoms with Gasteiger partial charge in [0.25, 0.3) is 0 Å². The van der Waals surface area contributed by atoms with Crippen molar-refractivity contribution in [2.45, 2.75) is 67.8 Å². The van der Waals surface area contributed by atoms with Gasteiger partial charge in [0.05, 0.1) is 0 Å². The van der Waals surface area contributed by atoms with E-state index in [-0.39, 0.29) is 12.8 Å². The Hall–Kier alpha value is -0.290. The molecule has 2 N–H and O–H groups in total. The third-order valence-electron chi connectivity index (χ3n) is 4.48. The van der Waals surface area contributed by atoms with E-state index in [2.05, 4.69) is 5.32 Å². The Balaban J connectivity index is 1.90. The highest BCUT2D eigenvalue weighted by atomic mass is 19.4. The molecule has 1 atom stereocenters. The quantitative estimate of drug-likeness (QED) is 0.674. The minimum Gasteiger partial charge on any atom is -0.380 e. The first-order chi connectivity index (χ1) is 7.29. The fourth-order valence-corrected chi connectivity index (χ4v) is 3.39. The fourth-order valence-electron chi connectivity index (χ4n) is 3.39. The van der Waals surface area contributed by atoms with E-state index in [9.17, 15) is 18.3 Å². The van der Waals surface area contributed by atoms with Crippen molar-refractivity contribution in [3.05, 3.63) is 0 Å². The minimum atomic E-state index is -4.49. The van der Waals surface area contributed by atoms with Crippen molar-refractivity contribution in [1.29, 1.82) is 0 Å². The van der Waals surface area contributed by atoms with E-state index >= 15 is 0 Å². The molecule has 2 nitrogen and oxygen atoms in total. The van der Waals surface area contributed by atoms with Crippen LogP contribution in [-0.2, 0) is 0 Å². The summed E-state index contributed by atoms with van der Waals surface area (Å²) in [6.07, 6.45) is -0.763. The Morgan fingerprint density at radius 3 is 1.75 bits per heavy atom. The van der Waals surface area contributed by atoms with Crippen LogP contribution in [0.2, 0.25) is 0 Å². The molecule has 0 aromatic rings. The van der Waals surface area contributed by atoms with Gasteiger partial charge in [-0.2, -0.15) is 13.2 Å². The second kappa shape index (κ2) is 2.75.